The van der Waals surface area contributed by atoms with Crippen LogP contribution in [0.4, 0.5) is 16.2 Å². The zero-order valence-corrected chi connectivity index (χ0v) is 14.7. The summed E-state index contributed by atoms with van der Waals surface area (Å²) >= 11 is 0. The molecule has 1 saturated heterocycles. The number of carbonyl (C=O) groups excluding carboxylic acids is 1. The van der Waals surface area contributed by atoms with E-state index in [0.29, 0.717) is 19.0 Å². The van der Waals surface area contributed by atoms with Crippen LogP contribution in [0.3, 0.4) is 0 Å². The minimum absolute atomic E-state index is 0.0975. The van der Waals surface area contributed by atoms with Crippen molar-refractivity contribution >= 4 is 17.4 Å². The minimum atomic E-state index is -0.0975. The summed E-state index contributed by atoms with van der Waals surface area (Å²) in [6.07, 6.45) is 3.55. The Bertz CT molecular complexity index is 720. The van der Waals surface area contributed by atoms with E-state index in [9.17, 15) is 9.90 Å². The van der Waals surface area contributed by atoms with Crippen molar-refractivity contribution in [3.05, 3.63) is 36.7 Å². The van der Waals surface area contributed by atoms with E-state index in [1.807, 2.05) is 23.0 Å². The van der Waals surface area contributed by atoms with Gasteiger partial charge in [0, 0.05) is 50.7 Å². The first-order valence-electron chi connectivity index (χ1n) is 8.63. The number of anilines is 2. The predicted molar refractivity (Wildman–Crippen MR) is 98.0 cm³/mol. The Balaban J connectivity index is 1.52. The zero-order chi connectivity index (χ0) is 17.8. The number of nitrogens with one attached hydrogen (secondary N) is 1. The second kappa shape index (κ2) is 7.46. The van der Waals surface area contributed by atoms with Crippen LogP contribution in [-0.4, -0.2) is 52.0 Å². The topological polar surface area (TPSA) is 73.6 Å². The third-order valence-electron chi connectivity index (χ3n) is 4.20. The smallest absolute Gasteiger partial charge is 0.322 e. The highest BCUT2D eigenvalue weighted by Crippen LogP contribution is 2.21. The monoisotopic (exact) mass is 343 g/mol. The minimum Gasteiger partial charge on any atom is -0.508 e. The molecule has 1 aliphatic rings. The van der Waals surface area contributed by atoms with E-state index in [4.69, 9.17) is 0 Å². The number of rotatable bonds is 4. The highest BCUT2D eigenvalue weighted by atomic mass is 16.3. The molecule has 0 bridgehead atoms. The van der Waals surface area contributed by atoms with Gasteiger partial charge in [0.2, 0.25) is 0 Å². The molecule has 134 valence electrons. The fourth-order valence-corrected chi connectivity index (χ4v) is 2.96. The Morgan fingerprint density at radius 1 is 1.28 bits per heavy atom. The van der Waals surface area contributed by atoms with Crippen LogP contribution in [0.15, 0.2) is 36.7 Å². The molecule has 1 aromatic carbocycles. The van der Waals surface area contributed by atoms with Crippen molar-refractivity contribution in [2.45, 2.75) is 20.4 Å². The Hall–Kier alpha value is -2.70. The number of phenols is 1. The first-order chi connectivity index (χ1) is 12.0. The summed E-state index contributed by atoms with van der Waals surface area (Å²) < 4.78 is 1.85. The Labute approximate surface area is 147 Å². The molecule has 0 saturated carbocycles. The maximum Gasteiger partial charge on any atom is 0.322 e. The van der Waals surface area contributed by atoms with Gasteiger partial charge in [-0.25, -0.2) is 4.79 Å². The first kappa shape index (κ1) is 17.1. The lowest BCUT2D eigenvalue weighted by molar-refractivity contribution is 0.208. The zero-order valence-electron chi connectivity index (χ0n) is 14.7. The van der Waals surface area contributed by atoms with Gasteiger partial charge in [-0.2, -0.15) is 5.10 Å². The van der Waals surface area contributed by atoms with Gasteiger partial charge in [0.25, 0.3) is 0 Å². The normalized spacial score (nSPS) is 14.8. The Morgan fingerprint density at radius 3 is 2.72 bits per heavy atom. The van der Waals surface area contributed by atoms with Crippen molar-refractivity contribution in [2.24, 2.45) is 5.92 Å². The first-order valence-corrected chi connectivity index (χ1v) is 8.63. The van der Waals surface area contributed by atoms with E-state index in [1.165, 1.54) is 0 Å². The lowest BCUT2D eigenvalue weighted by Crippen LogP contribution is -2.50. The molecule has 2 amide bonds. The maximum atomic E-state index is 12.4. The van der Waals surface area contributed by atoms with E-state index >= 15 is 0 Å². The molecule has 3 rings (SSSR count). The molecule has 7 nitrogen and oxygen atoms in total. The summed E-state index contributed by atoms with van der Waals surface area (Å²) in [5.41, 5.74) is 1.70. The van der Waals surface area contributed by atoms with E-state index in [1.54, 1.807) is 23.2 Å². The molecule has 2 N–H and O–H groups in total. The largest absolute Gasteiger partial charge is 0.508 e. The van der Waals surface area contributed by atoms with E-state index in [0.717, 1.165) is 31.0 Å². The lowest BCUT2D eigenvalue weighted by Gasteiger charge is -2.36. The number of benzene rings is 1. The van der Waals surface area contributed by atoms with Gasteiger partial charge in [0.05, 0.1) is 11.9 Å². The third kappa shape index (κ3) is 4.43. The van der Waals surface area contributed by atoms with Crippen molar-refractivity contribution < 1.29 is 9.90 Å². The number of piperazine rings is 1. The number of hydrogen-bond donors (Lipinski definition) is 2. The fraction of sp³-hybridized carbons (Fsp3) is 0.444. The van der Waals surface area contributed by atoms with Gasteiger partial charge in [0.15, 0.2) is 0 Å². The molecule has 0 radical (unpaired) electrons. The number of hydrogen-bond acceptors (Lipinski definition) is 4. The molecule has 2 aromatic rings. The number of phenolic OH excluding ortho intramolecular Hbond substituents is 1. The van der Waals surface area contributed by atoms with Crippen molar-refractivity contribution in [3.63, 3.8) is 0 Å². The van der Waals surface area contributed by atoms with Crippen LogP contribution in [0.5, 0.6) is 5.75 Å². The van der Waals surface area contributed by atoms with Gasteiger partial charge in [-0.3, -0.25) is 4.68 Å². The molecule has 0 atom stereocenters. The van der Waals surface area contributed by atoms with Crippen LogP contribution in [0.25, 0.3) is 0 Å². The lowest BCUT2D eigenvalue weighted by atomic mass is 10.2. The molecule has 0 aliphatic carbocycles. The van der Waals surface area contributed by atoms with Crippen molar-refractivity contribution in [3.8, 4) is 5.75 Å². The Kier molecular flexibility index (Phi) is 5.11. The van der Waals surface area contributed by atoms with Crippen molar-refractivity contribution in [1.82, 2.24) is 14.7 Å². The van der Waals surface area contributed by atoms with Gasteiger partial charge in [-0.05, 0) is 18.1 Å². The summed E-state index contributed by atoms with van der Waals surface area (Å²) in [6.45, 7) is 7.85. The van der Waals surface area contributed by atoms with Crippen molar-refractivity contribution in [1.29, 1.82) is 0 Å². The van der Waals surface area contributed by atoms with Gasteiger partial charge in [-0.15, -0.1) is 0 Å². The highest BCUT2D eigenvalue weighted by Gasteiger charge is 2.21. The average Bonchev–Trinajstić information content (AvgIpc) is 3.01. The summed E-state index contributed by atoms with van der Waals surface area (Å²) in [7, 11) is 0. The van der Waals surface area contributed by atoms with Gasteiger partial charge >= 0.3 is 6.03 Å². The number of aromatic nitrogens is 2. The number of nitrogens with zero attached hydrogens (tertiary/aromatic N) is 4. The molecule has 0 spiro atoms. The van der Waals surface area contributed by atoms with Crippen LogP contribution in [0.2, 0.25) is 0 Å². The molecular formula is C18H25N5O2. The fourth-order valence-electron chi connectivity index (χ4n) is 2.96. The van der Waals surface area contributed by atoms with Gasteiger partial charge in [-0.1, -0.05) is 19.9 Å². The van der Waals surface area contributed by atoms with E-state index in [-0.39, 0.29) is 11.8 Å². The molecule has 1 aliphatic heterocycles. The summed E-state index contributed by atoms with van der Waals surface area (Å²) in [5, 5.41) is 16.8. The predicted octanol–water partition coefficient (Wildman–Crippen LogP) is 2.60. The third-order valence-corrected chi connectivity index (χ3v) is 4.20. The van der Waals surface area contributed by atoms with Crippen molar-refractivity contribution in [2.75, 3.05) is 36.4 Å². The molecule has 1 aromatic heterocycles. The van der Waals surface area contributed by atoms with Gasteiger partial charge in [0.1, 0.15) is 5.75 Å². The van der Waals surface area contributed by atoms with Crippen LogP contribution >= 0.6 is 0 Å². The summed E-state index contributed by atoms with van der Waals surface area (Å²) in [5.74, 6) is 0.769. The van der Waals surface area contributed by atoms with Gasteiger partial charge < -0.3 is 20.2 Å². The molecule has 0 unspecified atom stereocenters. The number of aromatic hydroxyl groups is 1. The molecule has 25 heavy (non-hydrogen) atoms. The quantitative estimate of drug-likeness (QED) is 0.895. The molecule has 1 fully saturated rings. The van der Waals surface area contributed by atoms with Crippen LogP contribution in [-0.2, 0) is 6.54 Å². The highest BCUT2D eigenvalue weighted by molar-refractivity contribution is 5.89. The standard InChI is InChI=1S/C18H25N5O2/c1-14(2)12-23-13-15(11-19-23)20-18(25)22-8-6-21(7-9-22)16-4-3-5-17(24)10-16/h3-5,10-11,13-14,24H,6-9,12H2,1-2H3,(H,20,25). The van der Waals surface area contributed by atoms with E-state index < -0.39 is 0 Å². The Morgan fingerprint density at radius 2 is 2.04 bits per heavy atom. The number of amides is 2. The van der Waals surface area contributed by atoms with E-state index in [2.05, 4.69) is 29.2 Å². The van der Waals surface area contributed by atoms with Crippen LogP contribution in [0, 0.1) is 5.92 Å². The summed E-state index contributed by atoms with van der Waals surface area (Å²) in [4.78, 5) is 16.4. The average molecular weight is 343 g/mol. The maximum absolute atomic E-state index is 12.4. The number of urea groups is 1. The second-order valence-electron chi connectivity index (χ2n) is 6.77. The number of carbonyl (C=O) groups is 1. The summed E-state index contributed by atoms with van der Waals surface area (Å²) in [6, 6.07) is 7.11. The van der Waals surface area contributed by atoms with Crippen LogP contribution in [0.1, 0.15) is 13.8 Å². The second-order valence-corrected chi connectivity index (χ2v) is 6.77. The molecular weight excluding hydrogens is 318 g/mol. The SMILES string of the molecule is CC(C)Cn1cc(NC(=O)N2CCN(c3cccc(O)c3)CC2)cn1. The molecule has 2 heterocycles. The van der Waals surface area contributed by atoms with Crippen LogP contribution < -0.4 is 10.2 Å². The molecule has 7 heteroatoms.